The first-order valence-electron chi connectivity index (χ1n) is 8.25. The van der Waals surface area contributed by atoms with E-state index in [0.29, 0.717) is 5.41 Å². The number of unbranched alkanes of at least 4 members (excludes halogenated alkanes) is 2. The largest absolute Gasteiger partial charge is 0.385 e. The number of hydrogen-bond donors (Lipinski definition) is 1. The van der Waals surface area contributed by atoms with Gasteiger partial charge in [0, 0.05) is 33.0 Å². The van der Waals surface area contributed by atoms with E-state index in [2.05, 4.69) is 41.8 Å². The molecule has 0 unspecified atom stereocenters. The summed E-state index contributed by atoms with van der Waals surface area (Å²) >= 11 is 0. The Bertz CT molecular complexity index is 399. The first-order valence-corrected chi connectivity index (χ1v) is 8.25. The second kappa shape index (κ2) is 9.08. The van der Waals surface area contributed by atoms with Crippen LogP contribution in [0, 0.1) is 12.3 Å². The van der Waals surface area contributed by atoms with Crippen molar-refractivity contribution in [1.29, 1.82) is 0 Å². The lowest BCUT2D eigenvalue weighted by Gasteiger charge is -2.25. The molecular formula is C17H33N3O. The Morgan fingerprint density at radius 2 is 2.05 bits per heavy atom. The fraction of sp³-hybridized carbons (Fsp3) is 0.824. The number of imidazole rings is 1. The molecule has 1 aromatic heterocycles. The van der Waals surface area contributed by atoms with Crippen LogP contribution >= 0.6 is 0 Å². The molecule has 1 N–H and O–H groups in total. The first kappa shape index (κ1) is 18.0. The Morgan fingerprint density at radius 1 is 1.29 bits per heavy atom. The van der Waals surface area contributed by atoms with Gasteiger partial charge in [-0.25, -0.2) is 4.98 Å². The highest BCUT2D eigenvalue weighted by Crippen LogP contribution is 2.24. The average Bonchev–Trinajstić information content (AvgIpc) is 2.77. The second-order valence-corrected chi connectivity index (χ2v) is 6.72. The summed E-state index contributed by atoms with van der Waals surface area (Å²) in [6, 6.07) is 0. The number of hydrogen-bond acceptors (Lipinski definition) is 3. The molecule has 0 aliphatic heterocycles. The van der Waals surface area contributed by atoms with Crippen molar-refractivity contribution in [1.82, 2.24) is 9.55 Å². The maximum Gasteiger partial charge on any atom is 0.203 e. The molecule has 0 aliphatic rings. The van der Waals surface area contributed by atoms with Crippen molar-refractivity contribution in [3.05, 3.63) is 11.9 Å². The average molecular weight is 295 g/mol. The molecule has 0 atom stereocenters. The maximum absolute atomic E-state index is 5.13. The zero-order chi connectivity index (χ0) is 15.7. The summed E-state index contributed by atoms with van der Waals surface area (Å²) in [5.41, 5.74) is 1.38. The summed E-state index contributed by atoms with van der Waals surface area (Å²) in [6.07, 6.45) is 8.31. The molecule has 0 bridgehead atoms. The van der Waals surface area contributed by atoms with Crippen LogP contribution in [0.4, 0.5) is 5.95 Å². The van der Waals surface area contributed by atoms with Crippen LogP contribution in [0.1, 0.15) is 58.6 Å². The molecule has 0 aliphatic carbocycles. The Hall–Kier alpha value is -1.03. The van der Waals surface area contributed by atoms with E-state index in [9.17, 15) is 0 Å². The van der Waals surface area contributed by atoms with Gasteiger partial charge in [-0.15, -0.1) is 0 Å². The third-order valence-electron chi connectivity index (χ3n) is 3.83. The summed E-state index contributed by atoms with van der Waals surface area (Å²) in [6.45, 7) is 11.7. The molecule has 0 saturated heterocycles. The third kappa shape index (κ3) is 6.98. The van der Waals surface area contributed by atoms with Gasteiger partial charge in [0.2, 0.25) is 5.95 Å². The van der Waals surface area contributed by atoms with Crippen molar-refractivity contribution in [2.75, 3.05) is 25.6 Å². The lowest BCUT2D eigenvalue weighted by atomic mass is 9.87. The molecule has 4 nitrogen and oxygen atoms in total. The first-order chi connectivity index (χ1) is 9.98. The van der Waals surface area contributed by atoms with Gasteiger partial charge in [-0.3, -0.25) is 0 Å². The van der Waals surface area contributed by atoms with Crippen molar-refractivity contribution in [3.63, 3.8) is 0 Å². The smallest absolute Gasteiger partial charge is 0.203 e. The van der Waals surface area contributed by atoms with E-state index < -0.39 is 0 Å². The van der Waals surface area contributed by atoms with Gasteiger partial charge in [-0.1, -0.05) is 40.0 Å². The van der Waals surface area contributed by atoms with E-state index in [-0.39, 0.29) is 0 Å². The number of methoxy groups -OCH3 is 1. The van der Waals surface area contributed by atoms with Gasteiger partial charge in [-0.2, -0.15) is 0 Å². The highest BCUT2D eigenvalue weighted by Gasteiger charge is 2.18. The standard InChI is InChI=1S/C17H33N3O/c1-6-7-8-10-17(3,4)14-18-16-19-15(2)13-20(16)11-9-12-21-5/h13H,6-12,14H2,1-5H3,(H,18,19). The number of nitrogens with zero attached hydrogens (tertiary/aromatic N) is 2. The predicted molar refractivity (Wildman–Crippen MR) is 89.9 cm³/mol. The van der Waals surface area contributed by atoms with Crippen molar-refractivity contribution in [2.24, 2.45) is 5.41 Å². The van der Waals surface area contributed by atoms with E-state index in [0.717, 1.165) is 37.8 Å². The molecule has 0 aromatic carbocycles. The highest BCUT2D eigenvalue weighted by atomic mass is 16.5. The zero-order valence-electron chi connectivity index (χ0n) is 14.5. The lowest BCUT2D eigenvalue weighted by molar-refractivity contribution is 0.190. The monoisotopic (exact) mass is 295 g/mol. The van der Waals surface area contributed by atoms with Crippen molar-refractivity contribution < 1.29 is 4.74 Å². The van der Waals surface area contributed by atoms with Gasteiger partial charge in [0.1, 0.15) is 0 Å². The van der Waals surface area contributed by atoms with Crippen LogP contribution in [-0.2, 0) is 11.3 Å². The fourth-order valence-corrected chi connectivity index (χ4v) is 2.50. The summed E-state index contributed by atoms with van der Waals surface area (Å²) < 4.78 is 7.33. The normalized spacial score (nSPS) is 11.9. The predicted octanol–water partition coefficient (Wildman–Crippen LogP) is 4.25. The molecule has 21 heavy (non-hydrogen) atoms. The number of aryl methyl sites for hydroxylation is 2. The molecule has 122 valence electrons. The Balaban J connectivity index is 2.49. The minimum absolute atomic E-state index is 0.312. The maximum atomic E-state index is 5.13. The van der Waals surface area contributed by atoms with Gasteiger partial charge in [0.15, 0.2) is 0 Å². The minimum atomic E-state index is 0.312. The zero-order valence-corrected chi connectivity index (χ0v) is 14.5. The SMILES string of the molecule is CCCCCC(C)(C)CNc1nc(C)cn1CCCOC. The third-order valence-corrected chi connectivity index (χ3v) is 3.83. The molecular weight excluding hydrogens is 262 g/mol. The van der Waals surface area contributed by atoms with Crippen LogP contribution in [0.5, 0.6) is 0 Å². The van der Waals surface area contributed by atoms with Crippen LogP contribution in [0.3, 0.4) is 0 Å². The molecule has 0 amide bonds. The molecule has 0 radical (unpaired) electrons. The van der Waals surface area contributed by atoms with Gasteiger partial charge in [0.05, 0.1) is 5.69 Å². The summed E-state index contributed by atoms with van der Waals surface area (Å²) in [5, 5.41) is 3.54. The van der Waals surface area contributed by atoms with E-state index in [1.165, 1.54) is 25.7 Å². The molecule has 1 rings (SSSR count). The Morgan fingerprint density at radius 3 is 2.71 bits per heavy atom. The van der Waals surface area contributed by atoms with E-state index >= 15 is 0 Å². The van der Waals surface area contributed by atoms with Crippen LogP contribution in [0.25, 0.3) is 0 Å². The Labute approximate surface area is 130 Å². The Kier molecular flexibility index (Phi) is 7.79. The molecule has 1 heterocycles. The summed E-state index contributed by atoms with van der Waals surface area (Å²) in [5.74, 6) is 0.993. The molecule has 0 fully saturated rings. The van der Waals surface area contributed by atoms with Crippen LogP contribution in [0.2, 0.25) is 0 Å². The molecule has 0 spiro atoms. The number of ether oxygens (including phenoxy) is 1. The van der Waals surface area contributed by atoms with E-state index in [1.807, 2.05) is 6.92 Å². The topological polar surface area (TPSA) is 39.1 Å². The van der Waals surface area contributed by atoms with Crippen LogP contribution in [-0.4, -0.2) is 29.8 Å². The molecule has 4 heteroatoms. The molecule has 0 saturated carbocycles. The van der Waals surface area contributed by atoms with E-state index in [1.54, 1.807) is 7.11 Å². The highest BCUT2D eigenvalue weighted by molar-refractivity contribution is 5.29. The van der Waals surface area contributed by atoms with Crippen molar-refractivity contribution in [3.8, 4) is 0 Å². The van der Waals surface area contributed by atoms with Crippen LogP contribution in [0.15, 0.2) is 6.20 Å². The number of aromatic nitrogens is 2. The number of rotatable bonds is 11. The van der Waals surface area contributed by atoms with Gasteiger partial charge >= 0.3 is 0 Å². The van der Waals surface area contributed by atoms with Gasteiger partial charge in [0.25, 0.3) is 0 Å². The lowest BCUT2D eigenvalue weighted by Crippen LogP contribution is -2.24. The quantitative estimate of drug-likeness (QED) is 0.620. The van der Waals surface area contributed by atoms with Gasteiger partial charge in [-0.05, 0) is 25.2 Å². The van der Waals surface area contributed by atoms with E-state index in [4.69, 9.17) is 4.74 Å². The van der Waals surface area contributed by atoms with Crippen molar-refractivity contribution in [2.45, 2.75) is 66.3 Å². The van der Waals surface area contributed by atoms with Crippen LogP contribution < -0.4 is 5.32 Å². The fourth-order valence-electron chi connectivity index (χ4n) is 2.50. The van der Waals surface area contributed by atoms with Crippen molar-refractivity contribution >= 4 is 5.95 Å². The number of nitrogens with one attached hydrogen (secondary N) is 1. The second-order valence-electron chi connectivity index (χ2n) is 6.72. The van der Waals surface area contributed by atoms with Gasteiger partial charge < -0.3 is 14.6 Å². The number of anilines is 1. The minimum Gasteiger partial charge on any atom is -0.385 e. The summed E-state index contributed by atoms with van der Waals surface area (Å²) in [7, 11) is 1.75. The molecule has 1 aromatic rings. The summed E-state index contributed by atoms with van der Waals surface area (Å²) in [4.78, 5) is 4.60.